The number of non-ortho nitro benzene ring substituents is 1. The summed E-state index contributed by atoms with van der Waals surface area (Å²) in [6.45, 7) is 0.548. The van der Waals surface area contributed by atoms with Crippen molar-refractivity contribution in [1.29, 1.82) is 0 Å². The predicted octanol–water partition coefficient (Wildman–Crippen LogP) is 1.83. The van der Waals surface area contributed by atoms with Crippen LogP contribution in [0.4, 0.5) is 5.69 Å². The van der Waals surface area contributed by atoms with Crippen molar-refractivity contribution in [3.8, 4) is 5.88 Å². The fourth-order valence-electron chi connectivity index (χ4n) is 2.49. The smallest absolute Gasteiger partial charge is 0.269 e. The Morgan fingerprint density at radius 3 is 2.58 bits per heavy atom. The second kappa shape index (κ2) is 6.54. The molecule has 2 aromatic rings. The van der Waals surface area contributed by atoms with E-state index in [1.165, 1.54) is 28.6 Å². The number of sulfonamides is 1. The second-order valence-corrected chi connectivity index (χ2v) is 7.25. The lowest BCUT2D eigenvalue weighted by Crippen LogP contribution is -2.31. The average Bonchev–Trinajstić information content (AvgIpc) is 3.05. The van der Waals surface area contributed by atoms with Gasteiger partial charge in [-0.2, -0.15) is 4.31 Å². The summed E-state index contributed by atoms with van der Waals surface area (Å²) in [6.07, 6.45) is 1.89. The van der Waals surface area contributed by atoms with E-state index >= 15 is 0 Å². The molecule has 0 saturated carbocycles. The topological polar surface area (TPSA) is 103 Å². The number of rotatable bonds is 5. The summed E-state index contributed by atoms with van der Waals surface area (Å²) in [5.41, 5.74) is -0.147. The standard InChI is InChI=1S/C15H15N3O5S/c19-18(20)12-4-6-14(7-5-12)24(21,22)17-10-8-13(11-17)23-15-3-1-2-9-16-15/h1-7,9,13H,8,10-11H2. The molecule has 1 aliphatic rings. The second-order valence-electron chi connectivity index (χ2n) is 5.31. The van der Waals surface area contributed by atoms with Gasteiger partial charge < -0.3 is 4.74 Å². The number of ether oxygens (including phenoxy) is 1. The largest absolute Gasteiger partial charge is 0.473 e. The molecule has 3 rings (SSSR count). The number of hydrogen-bond acceptors (Lipinski definition) is 6. The summed E-state index contributed by atoms with van der Waals surface area (Å²) in [5.74, 6) is 0.456. The van der Waals surface area contributed by atoms with Crippen molar-refractivity contribution in [1.82, 2.24) is 9.29 Å². The first kappa shape index (κ1) is 16.3. The van der Waals surface area contributed by atoms with Crippen LogP contribution in [0.1, 0.15) is 6.42 Å². The predicted molar refractivity (Wildman–Crippen MR) is 85.1 cm³/mol. The number of hydrogen-bond donors (Lipinski definition) is 0. The highest BCUT2D eigenvalue weighted by Crippen LogP contribution is 2.24. The minimum Gasteiger partial charge on any atom is -0.473 e. The fourth-order valence-corrected chi connectivity index (χ4v) is 3.98. The van der Waals surface area contributed by atoms with Crippen LogP contribution >= 0.6 is 0 Å². The molecule has 8 nitrogen and oxygen atoms in total. The van der Waals surface area contributed by atoms with Crippen molar-refractivity contribution in [3.05, 3.63) is 58.8 Å². The van der Waals surface area contributed by atoms with E-state index in [1.807, 2.05) is 0 Å². The van der Waals surface area contributed by atoms with E-state index in [1.54, 1.807) is 24.4 Å². The Hall–Kier alpha value is -2.52. The Morgan fingerprint density at radius 1 is 1.21 bits per heavy atom. The molecule has 1 atom stereocenters. The Bertz CT molecular complexity index is 824. The molecule has 1 saturated heterocycles. The van der Waals surface area contributed by atoms with Gasteiger partial charge in [0.25, 0.3) is 5.69 Å². The van der Waals surface area contributed by atoms with Gasteiger partial charge in [0, 0.05) is 30.9 Å². The van der Waals surface area contributed by atoms with Crippen LogP contribution in [-0.2, 0) is 10.0 Å². The van der Waals surface area contributed by atoms with Gasteiger partial charge in [-0.1, -0.05) is 6.07 Å². The summed E-state index contributed by atoms with van der Waals surface area (Å²) in [5, 5.41) is 10.7. The molecule has 1 aliphatic heterocycles. The van der Waals surface area contributed by atoms with Gasteiger partial charge in [0.15, 0.2) is 0 Å². The van der Waals surface area contributed by atoms with E-state index in [0.29, 0.717) is 18.8 Å². The Kier molecular flexibility index (Phi) is 4.45. The van der Waals surface area contributed by atoms with E-state index in [-0.39, 0.29) is 23.2 Å². The van der Waals surface area contributed by atoms with Crippen LogP contribution < -0.4 is 4.74 Å². The van der Waals surface area contributed by atoms with Gasteiger partial charge in [0.2, 0.25) is 15.9 Å². The molecular formula is C15H15N3O5S. The molecule has 24 heavy (non-hydrogen) atoms. The van der Waals surface area contributed by atoms with Crippen molar-refractivity contribution >= 4 is 15.7 Å². The molecule has 0 aliphatic carbocycles. The Balaban J connectivity index is 1.71. The SMILES string of the molecule is O=[N+]([O-])c1ccc(S(=O)(=O)N2CCC(Oc3ccccn3)C2)cc1. The Morgan fingerprint density at radius 2 is 1.96 bits per heavy atom. The highest BCUT2D eigenvalue weighted by Gasteiger charge is 2.34. The third-order valence-electron chi connectivity index (χ3n) is 3.72. The molecule has 0 amide bonds. The van der Waals surface area contributed by atoms with Gasteiger partial charge in [-0.15, -0.1) is 0 Å². The molecule has 1 aromatic heterocycles. The molecular weight excluding hydrogens is 334 g/mol. The molecule has 1 fully saturated rings. The fraction of sp³-hybridized carbons (Fsp3) is 0.267. The molecule has 0 radical (unpaired) electrons. The van der Waals surface area contributed by atoms with E-state index in [4.69, 9.17) is 4.74 Å². The van der Waals surface area contributed by atoms with Crippen molar-refractivity contribution in [2.24, 2.45) is 0 Å². The Labute approximate surface area is 138 Å². The van der Waals surface area contributed by atoms with E-state index < -0.39 is 14.9 Å². The summed E-state index contributed by atoms with van der Waals surface area (Å²) < 4.78 is 32.2. The molecule has 126 valence electrons. The number of aromatic nitrogens is 1. The van der Waals surface area contributed by atoms with E-state index in [9.17, 15) is 18.5 Å². The lowest BCUT2D eigenvalue weighted by Gasteiger charge is -2.17. The van der Waals surface area contributed by atoms with Crippen LogP contribution in [0, 0.1) is 10.1 Å². The molecule has 1 aromatic carbocycles. The number of nitro groups is 1. The van der Waals surface area contributed by atoms with Crippen molar-refractivity contribution in [2.75, 3.05) is 13.1 Å². The zero-order valence-corrected chi connectivity index (χ0v) is 13.4. The molecule has 0 N–H and O–H groups in total. The number of nitrogens with zero attached hydrogens (tertiary/aromatic N) is 3. The third-order valence-corrected chi connectivity index (χ3v) is 5.60. The maximum Gasteiger partial charge on any atom is 0.269 e. The monoisotopic (exact) mass is 349 g/mol. The van der Waals surface area contributed by atoms with E-state index in [0.717, 1.165) is 0 Å². The van der Waals surface area contributed by atoms with Crippen LogP contribution in [0.5, 0.6) is 5.88 Å². The van der Waals surface area contributed by atoms with Crippen LogP contribution in [0.2, 0.25) is 0 Å². The minimum absolute atomic E-state index is 0.0339. The summed E-state index contributed by atoms with van der Waals surface area (Å²) >= 11 is 0. The highest BCUT2D eigenvalue weighted by atomic mass is 32.2. The van der Waals surface area contributed by atoms with E-state index in [2.05, 4.69) is 4.98 Å². The quantitative estimate of drug-likeness (QED) is 0.603. The van der Waals surface area contributed by atoms with Gasteiger partial charge in [-0.3, -0.25) is 10.1 Å². The zero-order chi connectivity index (χ0) is 17.2. The summed E-state index contributed by atoms with van der Waals surface area (Å²) in [7, 11) is -3.70. The molecule has 0 spiro atoms. The first-order valence-corrected chi connectivity index (χ1v) is 8.73. The van der Waals surface area contributed by atoms with Crippen LogP contribution in [0.15, 0.2) is 53.6 Å². The summed E-state index contributed by atoms with van der Waals surface area (Å²) in [6, 6.07) is 10.2. The van der Waals surface area contributed by atoms with Crippen molar-refractivity contribution < 1.29 is 18.1 Å². The van der Waals surface area contributed by atoms with Crippen LogP contribution in [-0.4, -0.2) is 41.8 Å². The lowest BCUT2D eigenvalue weighted by molar-refractivity contribution is -0.384. The zero-order valence-electron chi connectivity index (χ0n) is 12.6. The molecule has 0 bridgehead atoms. The maximum absolute atomic E-state index is 12.6. The average molecular weight is 349 g/mol. The van der Waals surface area contributed by atoms with Gasteiger partial charge in [-0.25, -0.2) is 13.4 Å². The van der Waals surface area contributed by atoms with Gasteiger partial charge >= 0.3 is 0 Å². The van der Waals surface area contributed by atoms with Crippen LogP contribution in [0.25, 0.3) is 0 Å². The van der Waals surface area contributed by atoms with Crippen molar-refractivity contribution in [3.63, 3.8) is 0 Å². The highest BCUT2D eigenvalue weighted by molar-refractivity contribution is 7.89. The normalized spacial score (nSPS) is 18.4. The third kappa shape index (κ3) is 3.36. The van der Waals surface area contributed by atoms with Gasteiger partial charge in [0.1, 0.15) is 6.10 Å². The minimum atomic E-state index is -3.70. The first-order chi connectivity index (χ1) is 11.5. The molecule has 1 unspecified atom stereocenters. The summed E-state index contributed by atoms with van der Waals surface area (Å²) in [4.78, 5) is 14.2. The van der Waals surface area contributed by atoms with Gasteiger partial charge in [0.05, 0.1) is 16.4 Å². The first-order valence-electron chi connectivity index (χ1n) is 7.29. The van der Waals surface area contributed by atoms with Gasteiger partial charge in [-0.05, 0) is 24.6 Å². The number of nitro benzene ring substituents is 1. The molecule has 9 heteroatoms. The molecule has 2 heterocycles. The lowest BCUT2D eigenvalue weighted by atomic mass is 10.3. The number of benzene rings is 1. The maximum atomic E-state index is 12.6. The van der Waals surface area contributed by atoms with Crippen LogP contribution in [0.3, 0.4) is 0 Å². The number of pyridine rings is 1. The van der Waals surface area contributed by atoms with Crippen molar-refractivity contribution in [2.45, 2.75) is 17.4 Å².